The summed E-state index contributed by atoms with van der Waals surface area (Å²) >= 11 is 0. The molecule has 48 heavy (non-hydrogen) atoms. The number of ether oxygens (including phenoxy) is 1. The lowest BCUT2D eigenvalue weighted by atomic mass is 9.82. The fourth-order valence-electron chi connectivity index (χ4n) is 5.29. The van der Waals surface area contributed by atoms with Gasteiger partial charge in [0.1, 0.15) is 29.6 Å². The monoisotopic (exact) mass is 632 g/mol. The van der Waals surface area contributed by atoms with Crippen LogP contribution >= 0.6 is 0 Å². The summed E-state index contributed by atoms with van der Waals surface area (Å²) < 4.78 is 6.16. The summed E-state index contributed by atoms with van der Waals surface area (Å²) in [6, 6.07) is 30.1. The lowest BCUT2D eigenvalue weighted by Gasteiger charge is -2.22. The number of hydrogen-bond acceptors (Lipinski definition) is 6. The second kappa shape index (κ2) is 13.7. The predicted octanol–water partition coefficient (Wildman–Crippen LogP) is 7.64. The highest BCUT2D eigenvalue weighted by atomic mass is 16.5. The minimum Gasteiger partial charge on any atom is -0.508 e. The maximum Gasteiger partial charge on any atom is 0.335 e. The van der Waals surface area contributed by atoms with Gasteiger partial charge in [-0.15, -0.1) is 0 Å². The van der Waals surface area contributed by atoms with Crippen molar-refractivity contribution in [1.82, 2.24) is 0 Å². The van der Waals surface area contributed by atoms with E-state index in [0.717, 1.165) is 39.0 Å². The second-order valence-corrected chi connectivity index (χ2v) is 10.9. The van der Waals surface area contributed by atoms with Crippen molar-refractivity contribution in [2.75, 3.05) is 0 Å². The minimum absolute atomic E-state index is 0.0806. The summed E-state index contributed by atoms with van der Waals surface area (Å²) in [5, 5.41) is 39.4. The number of aromatic carboxylic acids is 1. The van der Waals surface area contributed by atoms with Crippen molar-refractivity contribution in [2.24, 2.45) is 0 Å². The third-order valence-electron chi connectivity index (χ3n) is 7.71. The molecule has 0 spiro atoms. The highest BCUT2D eigenvalue weighted by Gasteiger charge is 2.22. The van der Waals surface area contributed by atoms with Crippen LogP contribution in [0.3, 0.4) is 0 Å². The fourth-order valence-corrected chi connectivity index (χ4v) is 5.29. The standard InChI is InChI=1S/C41H28O7/c42-32-13-1-26(2-14-32)3-23-38-31(25-48-36-21-10-30(11-22-36)41(46)47)12-24-37(27-4-15-33(43)16-5-27)40(38)39(28-6-17-34(44)18-7-28)29-8-19-35(45)20-9-29/h1-2,4-22,24,42-44H,25H2,(H,46,47). The first-order valence-corrected chi connectivity index (χ1v) is 14.9. The van der Waals surface area contributed by atoms with Gasteiger partial charge in [-0.1, -0.05) is 60.4 Å². The summed E-state index contributed by atoms with van der Waals surface area (Å²) in [4.78, 5) is 23.6. The largest absolute Gasteiger partial charge is 0.508 e. The van der Waals surface area contributed by atoms with Crippen LogP contribution < -0.4 is 4.74 Å². The highest BCUT2D eigenvalue weighted by Crippen LogP contribution is 2.40. The number of benzene rings is 5. The molecule has 5 aromatic carbocycles. The van der Waals surface area contributed by atoms with Gasteiger partial charge < -0.3 is 25.2 Å². The van der Waals surface area contributed by atoms with Gasteiger partial charge in [0.25, 0.3) is 0 Å². The zero-order valence-corrected chi connectivity index (χ0v) is 25.4. The van der Waals surface area contributed by atoms with Crippen LogP contribution in [0.2, 0.25) is 0 Å². The molecule has 0 bridgehead atoms. The maximum absolute atomic E-state index is 12.2. The summed E-state index contributed by atoms with van der Waals surface area (Å²) in [5.41, 5.74) is 6.66. The van der Waals surface area contributed by atoms with Gasteiger partial charge in [0.2, 0.25) is 0 Å². The van der Waals surface area contributed by atoms with Crippen molar-refractivity contribution < 1.29 is 34.8 Å². The van der Waals surface area contributed by atoms with Gasteiger partial charge in [-0.2, -0.15) is 0 Å². The number of aromatic hydroxyl groups is 3. The van der Waals surface area contributed by atoms with Crippen molar-refractivity contribution >= 4 is 17.3 Å². The number of phenolic OH excluding ortho intramolecular Hbond substituents is 3. The number of hydrogen-bond donors (Lipinski definition) is 4. The van der Waals surface area contributed by atoms with Gasteiger partial charge in [0, 0.05) is 22.3 Å². The van der Waals surface area contributed by atoms with Crippen LogP contribution in [0.4, 0.5) is 0 Å². The smallest absolute Gasteiger partial charge is 0.335 e. The van der Waals surface area contributed by atoms with Crippen LogP contribution in [-0.2, 0) is 11.4 Å². The molecule has 1 aliphatic carbocycles. The van der Waals surface area contributed by atoms with E-state index in [0.29, 0.717) is 16.9 Å². The van der Waals surface area contributed by atoms with Crippen LogP contribution in [0.1, 0.15) is 38.2 Å². The minimum atomic E-state index is -1.04. The lowest BCUT2D eigenvalue weighted by Crippen LogP contribution is -2.06. The van der Waals surface area contributed by atoms with Crippen molar-refractivity contribution in [2.45, 2.75) is 6.61 Å². The zero-order chi connectivity index (χ0) is 33.6. The molecule has 0 aliphatic heterocycles. The molecular formula is C41H28O7. The zero-order valence-electron chi connectivity index (χ0n) is 25.4. The first-order chi connectivity index (χ1) is 23.2. The number of ketones is 1. The molecule has 7 heteroatoms. The van der Waals surface area contributed by atoms with Crippen molar-refractivity contribution in [1.29, 1.82) is 0 Å². The number of carbonyl (C=O) groups excluding carboxylic acids is 1. The third kappa shape index (κ3) is 7.04. The van der Waals surface area contributed by atoms with Crippen LogP contribution in [0.5, 0.6) is 23.0 Å². The summed E-state index contributed by atoms with van der Waals surface area (Å²) in [6.45, 7) is 0.0806. The molecule has 0 aromatic heterocycles. The molecule has 234 valence electrons. The van der Waals surface area contributed by atoms with Gasteiger partial charge in [0.15, 0.2) is 5.78 Å². The number of phenols is 3. The molecule has 4 N–H and O–H groups in total. The molecule has 0 heterocycles. The summed E-state index contributed by atoms with van der Waals surface area (Å²) in [7, 11) is 0. The van der Waals surface area contributed by atoms with Crippen molar-refractivity contribution in [3.8, 4) is 46.0 Å². The third-order valence-corrected chi connectivity index (χ3v) is 7.71. The highest BCUT2D eigenvalue weighted by molar-refractivity contribution is 6.04. The summed E-state index contributed by atoms with van der Waals surface area (Å²) in [6.07, 6.45) is 6.47. The number of carbonyl (C=O) groups is 2. The van der Waals surface area contributed by atoms with E-state index in [4.69, 9.17) is 4.74 Å². The quantitative estimate of drug-likeness (QED) is 0.136. The molecule has 5 aromatic rings. The van der Waals surface area contributed by atoms with Crippen molar-refractivity contribution in [3.05, 3.63) is 172 Å². The molecule has 0 saturated carbocycles. The van der Waals surface area contributed by atoms with Gasteiger partial charge in [-0.05, 0) is 113 Å². The van der Waals surface area contributed by atoms with E-state index in [1.165, 1.54) is 24.3 Å². The molecular weight excluding hydrogens is 604 g/mol. The lowest BCUT2D eigenvalue weighted by molar-refractivity contribution is -0.110. The average Bonchev–Trinajstić information content (AvgIpc) is 3.10. The first kappa shape index (κ1) is 31.2. The Bertz CT molecular complexity index is 2140. The van der Waals surface area contributed by atoms with Gasteiger partial charge in [-0.3, -0.25) is 4.79 Å². The Morgan fingerprint density at radius 2 is 1.19 bits per heavy atom. The molecule has 0 saturated heterocycles. The van der Waals surface area contributed by atoms with E-state index in [9.17, 15) is 30.0 Å². The predicted molar refractivity (Wildman–Crippen MR) is 183 cm³/mol. The number of carboxylic acid groups (broad SMARTS) is 1. The SMILES string of the molecule is O=C1C=CC(=C(c2ccc(O)cc2)c2c(-c3ccc(O)cc3)ccc(COc3ccc(C(=O)O)cc3)c2C#Cc2ccc(O)cc2)C=C1. The van der Waals surface area contributed by atoms with E-state index < -0.39 is 5.97 Å². The van der Waals surface area contributed by atoms with E-state index in [-0.39, 0.29) is 35.2 Å². The van der Waals surface area contributed by atoms with E-state index in [1.807, 2.05) is 12.1 Å². The first-order valence-electron chi connectivity index (χ1n) is 14.9. The van der Waals surface area contributed by atoms with Crippen LogP contribution in [0.25, 0.3) is 16.7 Å². The molecule has 0 amide bonds. The number of carboxylic acids is 1. The Balaban J connectivity index is 1.63. The van der Waals surface area contributed by atoms with Crippen LogP contribution in [0.15, 0.2) is 139 Å². The number of allylic oxidation sites excluding steroid dienone is 5. The fraction of sp³-hybridized carbons (Fsp3) is 0.0244. The van der Waals surface area contributed by atoms with E-state index >= 15 is 0 Å². The van der Waals surface area contributed by atoms with E-state index in [2.05, 4.69) is 11.8 Å². The Hall–Kier alpha value is -6.78. The summed E-state index contributed by atoms with van der Waals surface area (Å²) in [5.74, 6) is 6.20. The van der Waals surface area contributed by atoms with Crippen LogP contribution in [-0.4, -0.2) is 32.2 Å². The normalized spacial score (nSPS) is 11.9. The molecule has 0 radical (unpaired) electrons. The van der Waals surface area contributed by atoms with Crippen molar-refractivity contribution in [3.63, 3.8) is 0 Å². The van der Waals surface area contributed by atoms with Gasteiger partial charge in [-0.25, -0.2) is 4.79 Å². The Kier molecular flexibility index (Phi) is 8.90. The number of rotatable bonds is 7. The maximum atomic E-state index is 12.2. The Morgan fingerprint density at radius 1 is 0.625 bits per heavy atom. The average molecular weight is 633 g/mol. The van der Waals surface area contributed by atoms with Gasteiger partial charge >= 0.3 is 5.97 Å². The van der Waals surface area contributed by atoms with Gasteiger partial charge in [0.05, 0.1) is 5.56 Å². The molecule has 0 atom stereocenters. The van der Waals surface area contributed by atoms with Crippen LogP contribution in [0, 0.1) is 11.8 Å². The van der Waals surface area contributed by atoms with E-state index in [1.54, 1.807) is 97.1 Å². The molecule has 0 unspecified atom stereocenters. The molecule has 6 rings (SSSR count). The molecule has 7 nitrogen and oxygen atoms in total. The molecule has 1 aliphatic rings. The Labute approximate surface area is 276 Å². The topological polar surface area (TPSA) is 124 Å². The Morgan fingerprint density at radius 3 is 1.79 bits per heavy atom. The second-order valence-electron chi connectivity index (χ2n) is 10.9. The molecule has 0 fully saturated rings.